The number of hydrogen-bond acceptors (Lipinski definition) is 4. The lowest BCUT2D eigenvalue weighted by Crippen LogP contribution is -2.58. The van der Waals surface area contributed by atoms with Crippen molar-refractivity contribution < 1.29 is 20.1 Å². The highest BCUT2D eigenvalue weighted by atomic mass is 16.6. The lowest BCUT2D eigenvalue weighted by atomic mass is 9.41. The Morgan fingerprint density at radius 2 is 1.59 bits per heavy atom. The van der Waals surface area contributed by atoms with E-state index in [0.717, 1.165) is 25.7 Å². The summed E-state index contributed by atoms with van der Waals surface area (Å²) >= 11 is 0. The predicted octanol–water partition coefficient (Wildman–Crippen LogP) is 5.49. The van der Waals surface area contributed by atoms with E-state index in [0.29, 0.717) is 17.8 Å². The second-order valence-corrected chi connectivity index (χ2v) is 14.8. The summed E-state index contributed by atoms with van der Waals surface area (Å²) in [6.07, 6.45) is 8.38. The molecular formula is C30H50O4. The number of aliphatic hydroxyl groups is 3. The predicted molar refractivity (Wildman–Crippen MR) is 135 cm³/mol. The Morgan fingerprint density at radius 3 is 2.21 bits per heavy atom. The lowest BCUT2D eigenvalue weighted by molar-refractivity contribution is -0.135. The van der Waals surface area contributed by atoms with Crippen LogP contribution >= 0.6 is 0 Å². The van der Waals surface area contributed by atoms with Gasteiger partial charge in [-0.15, -0.1) is 0 Å². The zero-order valence-electron chi connectivity index (χ0n) is 22.9. The van der Waals surface area contributed by atoms with Crippen LogP contribution in [0.1, 0.15) is 100 Å². The molecule has 0 aromatic heterocycles. The molecule has 3 N–H and O–H groups in total. The second-order valence-electron chi connectivity index (χ2n) is 14.8. The molecule has 2 unspecified atom stereocenters. The molecule has 0 spiro atoms. The fraction of sp³-hybridized carbons (Fsp3) is 0.933. The van der Waals surface area contributed by atoms with E-state index in [1.807, 2.05) is 13.8 Å². The van der Waals surface area contributed by atoms with Gasteiger partial charge in [0, 0.05) is 0 Å². The highest BCUT2D eigenvalue weighted by molar-refractivity contribution is 5.33. The van der Waals surface area contributed by atoms with Crippen LogP contribution in [0.2, 0.25) is 0 Å². The van der Waals surface area contributed by atoms with Crippen LogP contribution in [-0.4, -0.2) is 45.3 Å². The third kappa shape index (κ3) is 3.04. The molecule has 4 heteroatoms. The highest BCUT2D eigenvalue weighted by Crippen LogP contribution is 2.73. The zero-order chi connectivity index (χ0) is 25.1. The first kappa shape index (κ1) is 25.2. The number of ether oxygens (including phenoxy) is 1. The van der Waals surface area contributed by atoms with Gasteiger partial charge in [0.15, 0.2) is 0 Å². The largest absolute Gasteiger partial charge is 0.393 e. The van der Waals surface area contributed by atoms with Crippen molar-refractivity contribution in [3.05, 3.63) is 11.6 Å². The van der Waals surface area contributed by atoms with Gasteiger partial charge in [0.05, 0.1) is 17.8 Å². The fourth-order valence-electron chi connectivity index (χ4n) is 10.3. The minimum Gasteiger partial charge on any atom is -0.393 e. The van der Waals surface area contributed by atoms with Gasteiger partial charge in [0.1, 0.15) is 12.2 Å². The minimum absolute atomic E-state index is 0.0347. The van der Waals surface area contributed by atoms with Crippen LogP contribution in [0.3, 0.4) is 0 Å². The van der Waals surface area contributed by atoms with Gasteiger partial charge >= 0.3 is 0 Å². The van der Waals surface area contributed by atoms with Crippen LogP contribution in [0.15, 0.2) is 11.6 Å². The summed E-state index contributed by atoms with van der Waals surface area (Å²) in [5.74, 6) is 1.81. The van der Waals surface area contributed by atoms with Gasteiger partial charge in [0.25, 0.3) is 0 Å². The average Bonchev–Trinajstić information content (AvgIpc) is 3.15. The number of hydrogen-bond donors (Lipinski definition) is 3. The van der Waals surface area contributed by atoms with Crippen molar-refractivity contribution in [3.63, 3.8) is 0 Å². The molecule has 3 saturated carbocycles. The molecule has 4 fully saturated rings. The normalized spacial score (nSPS) is 54.6. The molecule has 0 amide bonds. The van der Waals surface area contributed by atoms with E-state index >= 15 is 0 Å². The summed E-state index contributed by atoms with van der Waals surface area (Å²) in [5, 5.41) is 32.3. The molecule has 5 aliphatic rings. The van der Waals surface area contributed by atoms with E-state index < -0.39 is 17.8 Å². The summed E-state index contributed by atoms with van der Waals surface area (Å²) in [4.78, 5) is 0. The highest BCUT2D eigenvalue weighted by Gasteiger charge is 2.66. The molecule has 5 rings (SSSR count). The average molecular weight is 475 g/mol. The topological polar surface area (TPSA) is 69.9 Å². The summed E-state index contributed by atoms with van der Waals surface area (Å²) in [6, 6.07) is 0. The molecule has 0 aromatic rings. The molecule has 1 saturated heterocycles. The number of fused-ring (bicyclic) bond motifs is 5. The molecule has 0 aromatic carbocycles. The quantitative estimate of drug-likeness (QED) is 0.463. The van der Waals surface area contributed by atoms with Crippen LogP contribution in [0.25, 0.3) is 0 Å². The van der Waals surface area contributed by atoms with Gasteiger partial charge in [-0.1, -0.05) is 53.2 Å². The maximum atomic E-state index is 10.9. The molecular weight excluding hydrogens is 424 g/mol. The SMILES string of the molecule is C[C@@H](C1OC(C)(C)[C@@H](O)C1O)[C@@H]1CC[C@]2(C)C3=CC[C@H]4C(C)(C)[C@H](O)CC[C@]4(C)[C@H]3CC[C@@]12C. The summed E-state index contributed by atoms with van der Waals surface area (Å²) in [6.45, 7) is 18.2. The molecule has 0 radical (unpaired) electrons. The van der Waals surface area contributed by atoms with Crippen molar-refractivity contribution in [3.8, 4) is 0 Å². The standard InChI is InChI=1S/C30H50O4/c1-17(24-23(32)25(33)27(4,5)34-24)18-11-15-30(8)20-9-10-21-26(2,3)22(31)13-14-28(21,6)19(20)12-16-29(18,30)7/h9,17-19,21-25,31-33H,10-16H2,1-8H3/t17-,18+,19+,21+,22-,23?,24?,25+,28-,29+,30-/m1/s1. The van der Waals surface area contributed by atoms with Gasteiger partial charge in [-0.25, -0.2) is 0 Å². The molecule has 194 valence electrons. The van der Waals surface area contributed by atoms with E-state index in [-0.39, 0.29) is 39.8 Å². The lowest BCUT2D eigenvalue weighted by Gasteiger charge is -2.64. The first-order valence-corrected chi connectivity index (χ1v) is 14.0. The van der Waals surface area contributed by atoms with Crippen molar-refractivity contribution in [2.75, 3.05) is 0 Å². The third-order valence-electron chi connectivity index (χ3n) is 12.8. The Morgan fingerprint density at radius 1 is 0.912 bits per heavy atom. The Bertz CT molecular complexity index is 862. The first-order chi connectivity index (χ1) is 15.6. The Labute approximate surface area is 207 Å². The van der Waals surface area contributed by atoms with E-state index in [4.69, 9.17) is 4.74 Å². The summed E-state index contributed by atoms with van der Waals surface area (Å²) < 4.78 is 6.29. The smallest absolute Gasteiger partial charge is 0.111 e. The van der Waals surface area contributed by atoms with Crippen LogP contribution in [0.4, 0.5) is 0 Å². The minimum atomic E-state index is -0.834. The van der Waals surface area contributed by atoms with Crippen LogP contribution < -0.4 is 0 Å². The van der Waals surface area contributed by atoms with Crippen molar-refractivity contribution in [1.82, 2.24) is 0 Å². The van der Waals surface area contributed by atoms with Crippen molar-refractivity contribution in [1.29, 1.82) is 0 Å². The number of rotatable bonds is 2. The zero-order valence-corrected chi connectivity index (χ0v) is 22.9. The fourth-order valence-corrected chi connectivity index (χ4v) is 10.3. The van der Waals surface area contributed by atoms with Crippen molar-refractivity contribution >= 4 is 0 Å². The maximum Gasteiger partial charge on any atom is 0.111 e. The van der Waals surface area contributed by atoms with Crippen LogP contribution in [0.5, 0.6) is 0 Å². The van der Waals surface area contributed by atoms with Gasteiger partial charge in [-0.05, 0) is 104 Å². The second kappa shape index (κ2) is 7.55. The molecule has 1 heterocycles. The number of aliphatic hydroxyl groups excluding tert-OH is 3. The molecule has 4 aliphatic carbocycles. The Kier molecular flexibility index (Phi) is 5.61. The van der Waals surface area contributed by atoms with Gasteiger partial charge < -0.3 is 20.1 Å². The summed E-state index contributed by atoms with van der Waals surface area (Å²) in [7, 11) is 0. The van der Waals surface area contributed by atoms with E-state index in [9.17, 15) is 15.3 Å². The van der Waals surface area contributed by atoms with E-state index in [1.165, 1.54) is 19.3 Å². The van der Waals surface area contributed by atoms with E-state index in [2.05, 4.69) is 47.6 Å². The third-order valence-corrected chi connectivity index (χ3v) is 12.8. The van der Waals surface area contributed by atoms with Crippen molar-refractivity contribution in [2.24, 2.45) is 45.3 Å². The molecule has 0 bridgehead atoms. The van der Waals surface area contributed by atoms with Crippen LogP contribution in [-0.2, 0) is 4.74 Å². The van der Waals surface area contributed by atoms with Gasteiger partial charge in [-0.2, -0.15) is 0 Å². The van der Waals surface area contributed by atoms with Crippen LogP contribution in [0, 0.1) is 45.3 Å². The molecule has 4 nitrogen and oxygen atoms in total. The Hall–Kier alpha value is -0.420. The maximum absolute atomic E-state index is 10.9. The van der Waals surface area contributed by atoms with Gasteiger partial charge in [0.2, 0.25) is 0 Å². The number of allylic oxidation sites excluding steroid dienone is 2. The monoisotopic (exact) mass is 474 g/mol. The molecule has 11 atom stereocenters. The van der Waals surface area contributed by atoms with E-state index in [1.54, 1.807) is 5.57 Å². The van der Waals surface area contributed by atoms with Gasteiger partial charge in [-0.3, -0.25) is 0 Å². The molecule has 1 aliphatic heterocycles. The molecule has 34 heavy (non-hydrogen) atoms. The Balaban J connectivity index is 1.46. The first-order valence-electron chi connectivity index (χ1n) is 14.0. The van der Waals surface area contributed by atoms with Crippen molar-refractivity contribution in [2.45, 2.75) is 130 Å². The summed E-state index contributed by atoms with van der Waals surface area (Å²) in [5.41, 5.74) is 1.57.